The molecular formula is C24H24N6O2. The van der Waals surface area contributed by atoms with Gasteiger partial charge in [0, 0.05) is 14.1 Å². The predicted molar refractivity (Wildman–Crippen MR) is 128 cm³/mol. The number of anilines is 1. The molecule has 0 bridgehead atoms. The first kappa shape index (κ1) is 21.0. The molecule has 32 heavy (non-hydrogen) atoms. The van der Waals surface area contributed by atoms with Gasteiger partial charge in [-0.1, -0.05) is 66.7 Å². The van der Waals surface area contributed by atoms with E-state index in [2.05, 4.69) is 15.5 Å². The number of aryl methyl sites for hydroxylation is 1. The molecule has 0 fully saturated rings. The van der Waals surface area contributed by atoms with Gasteiger partial charge < -0.3 is 0 Å². The van der Waals surface area contributed by atoms with Crippen LogP contribution in [0.1, 0.15) is 18.1 Å². The summed E-state index contributed by atoms with van der Waals surface area (Å²) in [5.41, 5.74) is 5.60. The zero-order chi connectivity index (χ0) is 22.7. The molecule has 162 valence electrons. The number of benzene rings is 2. The first-order chi connectivity index (χ1) is 15.5. The molecule has 0 aliphatic carbocycles. The lowest BCUT2D eigenvalue weighted by atomic mass is 10.2. The third-order valence-corrected chi connectivity index (χ3v) is 5.18. The van der Waals surface area contributed by atoms with Crippen LogP contribution in [0.2, 0.25) is 0 Å². The number of imidazole rings is 1. The van der Waals surface area contributed by atoms with Gasteiger partial charge in [0.05, 0.1) is 12.3 Å². The van der Waals surface area contributed by atoms with Crippen molar-refractivity contribution in [1.29, 1.82) is 0 Å². The molecule has 1 N–H and O–H groups in total. The van der Waals surface area contributed by atoms with Gasteiger partial charge in [-0.3, -0.25) is 18.5 Å². The Hall–Kier alpha value is -4.20. The van der Waals surface area contributed by atoms with E-state index in [1.54, 1.807) is 11.6 Å². The molecule has 0 aliphatic heterocycles. The van der Waals surface area contributed by atoms with Crippen molar-refractivity contribution >= 4 is 28.9 Å². The van der Waals surface area contributed by atoms with E-state index in [9.17, 15) is 9.59 Å². The van der Waals surface area contributed by atoms with Gasteiger partial charge in [-0.25, -0.2) is 10.2 Å². The molecule has 4 rings (SSSR count). The zero-order valence-corrected chi connectivity index (χ0v) is 18.2. The van der Waals surface area contributed by atoms with Gasteiger partial charge in [0.15, 0.2) is 11.2 Å². The first-order valence-electron chi connectivity index (χ1n) is 10.2. The fraction of sp³-hybridized carbons (Fsp3) is 0.167. The second kappa shape index (κ2) is 8.89. The highest BCUT2D eigenvalue weighted by atomic mass is 16.2. The van der Waals surface area contributed by atoms with E-state index in [1.165, 1.54) is 11.6 Å². The number of nitrogens with zero attached hydrogens (tertiary/aromatic N) is 5. The van der Waals surface area contributed by atoms with Crippen LogP contribution in [0.25, 0.3) is 17.2 Å². The summed E-state index contributed by atoms with van der Waals surface area (Å²) in [4.78, 5) is 29.9. The van der Waals surface area contributed by atoms with Crippen molar-refractivity contribution in [3.63, 3.8) is 0 Å². The zero-order valence-electron chi connectivity index (χ0n) is 18.2. The summed E-state index contributed by atoms with van der Waals surface area (Å²) in [6.45, 7) is 2.27. The maximum absolute atomic E-state index is 12.9. The third-order valence-electron chi connectivity index (χ3n) is 5.18. The molecule has 2 aromatic carbocycles. The fourth-order valence-electron chi connectivity index (χ4n) is 3.41. The molecule has 0 unspecified atom stereocenters. The lowest BCUT2D eigenvalue weighted by Crippen LogP contribution is -2.37. The van der Waals surface area contributed by atoms with Crippen LogP contribution < -0.4 is 16.7 Å². The van der Waals surface area contributed by atoms with Gasteiger partial charge >= 0.3 is 5.69 Å². The number of hydrogen-bond acceptors (Lipinski definition) is 5. The van der Waals surface area contributed by atoms with Crippen molar-refractivity contribution in [2.75, 3.05) is 5.43 Å². The van der Waals surface area contributed by atoms with E-state index in [1.807, 2.05) is 79.7 Å². The Balaban J connectivity index is 1.76. The van der Waals surface area contributed by atoms with E-state index in [4.69, 9.17) is 0 Å². The molecule has 0 radical (unpaired) electrons. The maximum atomic E-state index is 12.9. The molecule has 0 atom stereocenters. The third kappa shape index (κ3) is 4.15. The van der Waals surface area contributed by atoms with E-state index >= 15 is 0 Å². The van der Waals surface area contributed by atoms with Gasteiger partial charge in [0.2, 0.25) is 5.95 Å². The number of allylic oxidation sites excluding steroid dienone is 1. The van der Waals surface area contributed by atoms with Gasteiger partial charge in [-0.15, -0.1) is 0 Å². The average Bonchev–Trinajstić information content (AvgIpc) is 3.18. The summed E-state index contributed by atoms with van der Waals surface area (Å²) in [7, 11) is 3.07. The van der Waals surface area contributed by atoms with Crippen LogP contribution in [0, 0.1) is 0 Å². The molecule has 0 spiro atoms. The van der Waals surface area contributed by atoms with E-state index in [0.29, 0.717) is 23.7 Å². The van der Waals surface area contributed by atoms with Crippen LogP contribution in [0.15, 0.2) is 81.4 Å². The van der Waals surface area contributed by atoms with E-state index in [-0.39, 0.29) is 0 Å². The lowest BCUT2D eigenvalue weighted by Gasteiger charge is -2.09. The molecule has 4 aromatic rings. The Kier molecular flexibility index (Phi) is 5.85. The summed E-state index contributed by atoms with van der Waals surface area (Å²) >= 11 is 0. The Bertz CT molecular complexity index is 1430. The minimum absolute atomic E-state index is 0.309. The summed E-state index contributed by atoms with van der Waals surface area (Å²) in [6.07, 6.45) is 3.86. The minimum Gasteiger partial charge on any atom is -0.298 e. The van der Waals surface area contributed by atoms with Crippen molar-refractivity contribution in [1.82, 2.24) is 18.7 Å². The molecule has 8 nitrogen and oxygen atoms in total. The standard InChI is InChI=1S/C24H24N6O2/c1-17(14-15-18-10-6-4-7-11-18)26-27-23-25-21-20(22(31)29(3)24(32)28(21)2)30(23)16-19-12-8-5-9-13-19/h4-15H,16H2,1-3H3,(H,25,27)/b15-14+,26-17-. The van der Waals surface area contributed by atoms with Crippen molar-refractivity contribution in [3.05, 3.63) is 98.7 Å². The maximum Gasteiger partial charge on any atom is 0.332 e. The lowest BCUT2D eigenvalue weighted by molar-refractivity contribution is 0.702. The van der Waals surface area contributed by atoms with Crippen LogP contribution in [-0.2, 0) is 20.6 Å². The summed E-state index contributed by atoms with van der Waals surface area (Å²) in [5.74, 6) is 0.384. The van der Waals surface area contributed by atoms with E-state index < -0.39 is 11.2 Å². The Morgan fingerprint density at radius 1 is 1.00 bits per heavy atom. The molecular weight excluding hydrogens is 404 g/mol. The number of nitrogens with one attached hydrogen (secondary N) is 1. The molecule has 0 saturated heterocycles. The van der Waals surface area contributed by atoms with Crippen LogP contribution >= 0.6 is 0 Å². The Morgan fingerprint density at radius 2 is 1.66 bits per heavy atom. The van der Waals surface area contributed by atoms with Crippen molar-refractivity contribution in [2.24, 2.45) is 19.2 Å². The van der Waals surface area contributed by atoms with Crippen molar-refractivity contribution in [2.45, 2.75) is 13.5 Å². The number of fused-ring (bicyclic) bond motifs is 1. The molecule has 2 heterocycles. The largest absolute Gasteiger partial charge is 0.332 e. The normalized spacial score (nSPS) is 12.0. The monoisotopic (exact) mass is 428 g/mol. The van der Waals surface area contributed by atoms with Gasteiger partial charge in [-0.2, -0.15) is 10.1 Å². The van der Waals surface area contributed by atoms with Crippen LogP contribution in [0.3, 0.4) is 0 Å². The van der Waals surface area contributed by atoms with Crippen LogP contribution in [0.4, 0.5) is 5.95 Å². The second-order valence-electron chi connectivity index (χ2n) is 7.49. The molecule has 0 amide bonds. The molecule has 0 aliphatic rings. The molecule has 0 saturated carbocycles. The predicted octanol–water partition coefficient (Wildman–Crippen LogP) is 2.98. The van der Waals surface area contributed by atoms with Crippen LogP contribution in [-0.4, -0.2) is 24.4 Å². The van der Waals surface area contributed by atoms with Crippen LogP contribution in [0.5, 0.6) is 0 Å². The van der Waals surface area contributed by atoms with E-state index in [0.717, 1.165) is 21.4 Å². The summed E-state index contributed by atoms with van der Waals surface area (Å²) in [6, 6.07) is 19.7. The highest BCUT2D eigenvalue weighted by Crippen LogP contribution is 2.18. The highest BCUT2D eigenvalue weighted by Gasteiger charge is 2.19. The van der Waals surface area contributed by atoms with Crippen molar-refractivity contribution in [3.8, 4) is 0 Å². The fourth-order valence-corrected chi connectivity index (χ4v) is 3.41. The Labute approximate surface area is 184 Å². The first-order valence-corrected chi connectivity index (χ1v) is 10.2. The van der Waals surface area contributed by atoms with Gasteiger partial charge in [0.1, 0.15) is 0 Å². The van der Waals surface area contributed by atoms with Gasteiger partial charge in [0.25, 0.3) is 5.56 Å². The van der Waals surface area contributed by atoms with Crippen molar-refractivity contribution < 1.29 is 0 Å². The highest BCUT2D eigenvalue weighted by molar-refractivity contribution is 5.96. The SMILES string of the molecule is CC(/C=C/c1ccccc1)=N/Nc1nc2c(c(=O)n(C)c(=O)n2C)n1Cc1ccccc1. The summed E-state index contributed by atoms with van der Waals surface area (Å²) < 4.78 is 4.21. The molecule has 8 heteroatoms. The average molecular weight is 428 g/mol. The second-order valence-corrected chi connectivity index (χ2v) is 7.49. The topological polar surface area (TPSA) is 86.2 Å². The molecule has 2 aromatic heterocycles. The smallest absolute Gasteiger partial charge is 0.298 e. The Morgan fingerprint density at radius 3 is 2.34 bits per heavy atom. The number of hydrazone groups is 1. The summed E-state index contributed by atoms with van der Waals surface area (Å²) in [5, 5.41) is 4.41. The van der Waals surface area contributed by atoms with Gasteiger partial charge in [-0.05, 0) is 24.1 Å². The minimum atomic E-state index is -0.427. The number of hydrogen-bond donors (Lipinski definition) is 1. The number of rotatable bonds is 6. The number of aromatic nitrogens is 4. The quantitative estimate of drug-likeness (QED) is 0.378.